The molecule has 0 radical (unpaired) electrons. The largest absolute Gasteiger partial charge is 0.334 e. The summed E-state index contributed by atoms with van der Waals surface area (Å²) < 4.78 is 22.9. The van der Waals surface area contributed by atoms with Crippen LogP contribution in [0.15, 0.2) is 41.3 Å². The first-order chi connectivity index (χ1) is 12.3. The van der Waals surface area contributed by atoms with Crippen molar-refractivity contribution in [2.24, 2.45) is 5.14 Å². The number of nitrogens with one attached hydrogen (secondary N) is 2. The van der Waals surface area contributed by atoms with Crippen molar-refractivity contribution in [3.05, 3.63) is 58.7 Å². The van der Waals surface area contributed by atoms with Gasteiger partial charge in [-0.2, -0.15) is 0 Å². The summed E-state index contributed by atoms with van der Waals surface area (Å²) in [5.74, 6) is 0. The molecule has 0 heterocycles. The summed E-state index contributed by atoms with van der Waals surface area (Å²) in [4.78, 5) is 12.2. The standard InChI is InChI=1S/C19H23N3O3S/c1-13-6-9-17(26(20,24)25)11-18(13)22-19(23)21-12-14-7-8-15-4-2-3-5-16(15)10-14/h6-11H,2-5,12H2,1H3,(H2,20,24,25)(H2,21,22,23). The van der Waals surface area contributed by atoms with Crippen LogP contribution in [-0.4, -0.2) is 14.4 Å². The zero-order valence-electron chi connectivity index (χ0n) is 14.7. The SMILES string of the molecule is Cc1ccc(S(N)(=O)=O)cc1NC(=O)NCc1ccc2c(c1)CCCC2. The maximum absolute atomic E-state index is 12.2. The molecule has 1 aliphatic rings. The summed E-state index contributed by atoms with van der Waals surface area (Å²) in [5, 5.41) is 10.6. The van der Waals surface area contributed by atoms with Crippen molar-refractivity contribution >= 4 is 21.7 Å². The Morgan fingerprint density at radius 2 is 1.81 bits per heavy atom. The van der Waals surface area contributed by atoms with Gasteiger partial charge in [0.05, 0.1) is 4.90 Å². The van der Waals surface area contributed by atoms with Crippen LogP contribution in [0.1, 0.15) is 35.1 Å². The third-order valence-electron chi connectivity index (χ3n) is 4.65. The van der Waals surface area contributed by atoms with Gasteiger partial charge in [-0.1, -0.05) is 24.3 Å². The van der Waals surface area contributed by atoms with Crippen molar-refractivity contribution in [3.63, 3.8) is 0 Å². The Morgan fingerprint density at radius 3 is 2.54 bits per heavy atom. The summed E-state index contributed by atoms with van der Waals surface area (Å²) in [7, 11) is -3.81. The molecule has 1 aliphatic carbocycles. The second-order valence-electron chi connectivity index (χ2n) is 6.64. The number of hydrogen-bond acceptors (Lipinski definition) is 3. The van der Waals surface area contributed by atoms with Crippen molar-refractivity contribution in [1.29, 1.82) is 0 Å². The number of aryl methyl sites for hydroxylation is 3. The Morgan fingerprint density at radius 1 is 1.08 bits per heavy atom. The number of sulfonamides is 1. The second-order valence-corrected chi connectivity index (χ2v) is 8.20. The molecule has 0 spiro atoms. The maximum Gasteiger partial charge on any atom is 0.319 e. The summed E-state index contributed by atoms with van der Waals surface area (Å²) in [6.07, 6.45) is 4.67. The van der Waals surface area contributed by atoms with Crippen LogP contribution >= 0.6 is 0 Å². The van der Waals surface area contributed by atoms with Gasteiger partial charge in [0.1, 0.15) is 0 Å². The summed E-state index contributed by atoms with van der Waals surface area (Å²) >= 11 is 0. The van der Waals surface area contributed by atoms with Crippen LogP contribution in [0.5, 0.6) is 0 Å². The first-order valence-corrected chi connectivity index (χ1v) is 10.2. The number of anilines is 1. The van der Waals surface area contributed by atoms with Crippen molar-refractivity contribution in [2.75, 3.05) is 5.32 Å². The number of nitrogens with two attached hydrogens (primary N) is 1. The zero-order valence-corrected chi connectivity index (χ0v) is 15.5. The predicted molar refractivity (Wildman–Crippen MR) is 101 cm³/mol. The van der Waals surface area contributed by atoms with Gasteiger partial charge in [0.15, 0.2) is 0 Å². The van der Waals surface area contributed by atoms with Gasteiger partial charge in [-0.25, -0.2) is 18.4 Å². The molecule has 0 fully saturated rings. The Balaban J connectivity index is 1.64. The topological polar surface area (TPSA) is 101 Å². The number of urea groups is 1. The van der Waals surface area contributed by atoms with E-state index in [0.717, 1.165) is 24.0 Å². The van der Waals surface area contributed by atoms with Crippen molar-refractivity contribution in [3.8, 4) is 0 Å². The third kappa shape index (κ3) is 4.42. The minimum atomic E-state index is -3.81. The number of amides is 2. The summed E-state index contributed by atoms with van der Waals surface area (Å²) in [5.41, 5.74) is 4.99. The normalized spacial score (nSPS) is 13.8. The number of rotatable bonds is 4. The third-order valence-corrected chi connectivity index (χ3v) is 5.56. The number of benzene rings is 2. The van der Waals surface area contributed by atoms with E-state index in [1.54, 1.807) is 13.0 Å². The lowest BCUT2D eigenvalue weighted by molar-refractivity contribution is 0.251. The highest BCUT2D eigenvalue weighted by Gasteiger charge is 2.13. The first kappa shape index (κ1) is 18.4. The molecule has 4 N–H and O–H groups in total. The van der Waals surface area contributed by atoms with Crippen LogP contribution in [-0.2, 0) is 29.4 Å². The van der Waals surface area contributed by atoms with Crippen LogP contribution < -0.4 is 15.8 Å². The maximum atomic E-state index is 12.2. The van der Waals surface area contributed by atoms with Crippen LogP contribution in [0, 0.1) is 6.92 Å². The molecule has 0 saturated carbocycles. The number of fused-ring (bicyclic) bond motifs is 1. The molecule has 2 aromatic carbocycles. The summed E-state index contributed by atoms with van der Waals surface area (Å²) in [6, 6.07) is 10.3. The molecule has 7 heteroatoms. The molecule has 0 aromatic heterocycles. The fourth-order valence-electron chi connectivity index (χ4n) is 3.16. The number of carbonyl (C=O) groups is 1. The fourth-order valence-corrected chi connectivity index (χ4v) is 3.70. The molecule has 2 aromatic rings. The Bertz CT molecular complexity index is 939. The van der Waals surface area contributed by atoms with Gasteiger partial charge in [-0.05, 0) is 67.0 Å². The first-order valence-electron chi connectivity index (χ1n) is 8.62. The molecule has 0 aliphatic heterocycles. The number of carbonyl (C=O) groups excluding carboxylic acids is 1. The van der Waals surface area contributed by atoms with Gasteiger partial charge in [-0.15, -0.1) is 0 Å². The lowest BCUT2D eigenvalue weighted by Crippen LogP contribution is -2.28. The highest BCUT2D eigenvalue weighted by Crippen LogP contribution is 2.22. The number of hydrogen-bond donors (Lipinski definition) is 3. The van der Waals surface area contributed by atoms with Gasteiger partial charge < -0.3 is 10.6 Å². The van der Waals surface area contributed by atoms with E-state index in [1.165, 1.54) is 36.1 Å². The quantitative estimate of drug-likeness (QED) is 0.768. The van der Waals surface area contributed by atoms with E-state index in [9.17, 15) is 13.2 Å². The smallest absolute Gasteiger partial charge is 0.319 e. The lowest BCUT2D eigenvalue weighted by Gasteiger charge is -2.17. The predicted octanol–water partition coefficient (Wildman–Crippen LogP) is 2.84. The van der Waals surface area contributed by atoms with Gasteiger partial charge in [0.25, 0.3) is 0 Å². The molecule has 0 unspecified atom stereocenters. The minimum absolute atomic E-state index is 0.0342. The monoisotopic (exact) mass is 373 g/mol. The zero-order chi connectivity index (χ0) is 18.7. The van der Waals surface area contributed by atoms with E-state index in [-0.39, 0.29) is 4.90 Å². The van der Waals surface area contributed by atoms with Gasteiger partial charge in [0, 0.05) is 12.2 Å². The van der Waals surface area contributed by atoms with Crippen molar-refractivity contribution in [1.82, 2.24) is 5.32 Å². The van der Waals surface area contributed by atoms with Gasteiger partial charge in [0.2, 0.25) is 10.0 Å². The van der Waals surface area contributed by atoms with E-state index in [0.29, 0.717) is 12.2 Å². The highest BCUT2D eigenvalue weighted by atomic mass is 32.2. The second kappa shape index (κ2) is 7.47. The molecule has 26 heavy (non-hydrogen) atoms. The molecular formula is C19H23N3O3S. The van der Waals surface area contributed by atoms with E-state index in [1.807, 2.05) is 6.07 Å². The van der Waals surface area contributed by atoms with Gasteiger partial charge in [-0.3, -0.25) is 0 Å². The van der Waals surface area contributed by atoms with E-state index >= 15 is 0 Å². The number of primary sulfonamides is 1. The van der Waals surface area contributed by atoms with E-state index < -0.39 is 16.1 Å². The van der Waals surface area contributed by atoms with Crippen LogP contribution in [0.3, 0.4) is 0 Å². The molecule has 3 rings (SSSR count). The fraction of sp³-hybridized carbons (Fsp3) is 0.316. The molecule has 0 saturated heterocycles. The van der Waals surface area contributed by atoms with Gasteiger partial charge >= 0.3 is 6.03 Å². The molecule has 6 nitrogen and oxygen atoms in total. The van der Waals surface area contributed by atoms with E-state index in [2.05, 4.69) is 22.8 Å². The van der Waals surface area contributed by atoms with Crippen LogP contribution in [0.2, 0.25) is 0 Å². The molecule has 138 valence electrons. The van der Waals surface area contributed by atoms with Crippen LogP contribution in [0.4, 0.5) is 10.5 Å². The Labute approximate surface area is 153 Å². The van der Waals surface area contributed by atoms with E-state index in [4.69, 9.17) is 5.14 Å². The molecule has 2 amide bonds. The average molecular weight is 373 g/mol. The molecule has 0 atom stereocenters. The van der Waals surface area contributed by atoms with Crippen molar-refractivity contribution in [2.45, 2.75) is 44.0 Å². The molecule has 0 bridgehead atoms. The highest BCUT2D eigenvalue weighted by molar-refractivity contribution is 7.89. The summed E-state index contributed by atoms with van der Waals surface area (Å²) in [6.45, 7) is 2.19. The molecular weight excluding hydrogens is 350 g/mol. The Kier molecular flexibility index (Phi) is 5.29. The van der Waals surface area contributed by atoms with Crippen LogP contribution in [0.25, 0.3) is 0 Å². The Hall–Kier alpha value is -2.38. The average Bonchev–Trinajstić information content (AvgIpc) is 2.60. The lowest BCUT2D eigenvalue weighted by atomic mass is 9.90. The minimum Gasteiger partial charge on any atom is -0.334 e. The van der Waals surface area contributed by atoms with Crippen molar-refractivity contribution < 1.29 is 13.2 Å².